The number of nitrogens with zero attached hydrogens (tertiary/aromatic N) is 1. The molecule has 14 heavy (non-hydrogen) atoms. The van der Waals surface area contributed by atoms with Gasteiger partial charge in [0.2, 0.25) is 0 Å². The van der Waals surface area contributed by atoms with Crippen LogP contribution in [0.3, 0.4) is 0 Å². The summed E-state index contributed by atoms with van der Waals surface area (Å²) in [7, 11) is 0. The molecule has 0 aliphatic carbocycles. The van der Waals surface area contributed by atoms with E-state index in [2.05, 4.69) is 11.6 Å². The van der Waals surface area contributed by atoms with Gasteiger partial charge in [-0.3, -0.25) is 0 Å². The van der Waals surface area contributed by atoms with Gasteiger partial charge in [0.15, 0.2) is 5.58 Å². The Balaban J connectivity index is 2.36. The van der Waals surface area contributed by atoms with Gasteiger partial charge in [-0.05, 0) is 18.2 Å². The highest BCUT2D eigenvalue weighted by Gasteiger charge is 2.05. The van der Waals surface area contributed by atoms with Crippen LogP contribution in [0.1, 0.15) is 0 Å². The number of aromatic nitrogens is 1. The van der Waals surface area contributed by atoms with Gasteiger partial charge < -0.3 is 4.42 Å². The van der Waals surface area contributed by atoms with Gasteiger partial charge in [0.25, 0.3) is 5.22 Å². The summed E-state index contributed by atoms with van der Waals surface area (Å²) in [5, 5.41) is 1.33. The number of fused-ring (bicyclic) bond motifs is 1. The number of rotatable bonds is 3. The third-order valence-corrected chi connectivity index (χ3v) is 2.71. The molecule has 1 heterocycles. The maximum atomic E-state index is 5.83. The van der Waals surface area contributed by atoms with Crippen LogP contribution >= 0.6 is 23.4 Å². The van der Waals surface area contributed by atoms with E-state index in [1.165, 1.54) is 11.8 Å². The average molecular weight is 226 g/mol. The molecule has 1 aromatic heterocycles. The molecule has 2 rings (SSSR count). The smallest absolute Gasteiger partial charge is 0.257 e. The summed E-state index contributed by atoms with van der Waals surface area (Å²) in [5.41, 5.74) is 1.56. The molecule has 0 aliphatic rings. The zero-order chi connectivity index (χ0) is 9.97. The summed E-state index contributed by atoms with van der Waals surface area (Å²) in [5.74, 6) is 0.792. The molecule has 0 bridgehead atoms. The number of halogens is 1. The predicted octanol–water partition coefficient (Wildman–Crippen LogP) is 3.76. The van der Waals surface area contributed by atoms with Crippen molar-refractivity contribution in [1.82, 2.24) is 4.98 Å². The lowest BCUT2D eigenvalue weighted by Gasteiger charge is -1.86. The van der Waals surface area contributed by atoms with Crippen LogP contribution in [-0.2, 0) is 0 Å². The maximum Gasteiger partial charge on any atom is 0.257 e. The van der Waals surface area contributed by atoms with Gasteiger partial charge in [-0.25, -0.2) is 4.98 Å². The summed E-state index contributed by atoms with van der Waals surface area (Å²) in [6.07, 6.45) is 1.81. The van der Waals surface area contributed by atoms with E-state index in [0.29, 0.717) is 10.2 Å². The van der Waals surface area contributed by atoms with Crippen LogP contribution in [0.5, 0.6) is 0 Å². The van der Waals surface area contributed by atoms with Crippen molar-refractivity contribution in [2.75, 3.05) is 5.75 Å². The molecule has 0 saturated heterocycles. The molecule has 0 fully saturated rings. The molecule has 0 amide bonds. The van der Waals surface area contributed by atoms with Crippen molar-refractivity contribution in [3.05, 3.63) is 35.9 Å². The molecular weight excluding hydrogens is 218 g/mol. The van der Waals surface area contributed by atoms with Crippen LogP contribution in [0.2, 0.25) is 5.02 Å². The second kappa shape index (κ2) is 4.07. The monoisotopic (exact) mass is 225 g/mol. The maximum absolute atomic E-state index is 5.83. The first-order chi connectivity index (χ1) is 6.79. The fourth-order valence-electron chi connectivity index (χ4n) is 1.07. The molecule has 0 aliphatic heterocycles. The Bertz CT molecular complexity index is 466. The minimum atomic E-state index is 0.655. The van der Waals surface area contributed by atoms with E-state index < -0.39 is 0 Å². The van der Waals surface area contributed by atoms with Crippen molar-refractivity contribution in [2.24, 2.45) is 0 Å². The van der Waals surface area contributed by atoms with Crippen molar-refractivity contribution in [1.29, 1.82) is 0 Å². The highest BCUT2D eigenvalue weighted by Crippen LogP contribution is 2.25. The molecule has 0 N–H and O–H groups in total. The number of hydrogen-bond acceptors (Lipinski definition) is 3. The summed E-state index contributed by atoms with van der Waals surface area (Å²) in [6.45, 7) is 3.63. The highest BCUT2D eigenvalue weighted by atomic mass is 35.5. The molecule has 0 atom stereocenters. The lowest BCUT2D eigenvalue weighted by molar-refractivity contribution is 0.490. The number of thioether (sulfide) groups is 1. The topological polar surface area (TPSA) is 26.0 Å². The molecule has 0 radical (unpaired) electrons. The summed E-state index contributed by atoms with van der Waals surface area (Å²) in [4.78, 5) is 4.28. The molecular formula is C10H8ClNOS. The fraction of sp³-hybridized carbons (Fsp3) is 0.100. The Morgan fingerprint density at radius 1 is 1.57 bits per heavy atom. The lowest BCUT2D eigenvalue weighted by atomic mass is 10.3. The van der Waals surface area contributed by atoms with Gasteiger partial charge in [0.05, 0.1) is 0 Å². The van der Waals surface area contributed by atoms with Gasteiger partial charge in [-0.15, -0.1) is 6.58 Å². The fourth-order valence-corrected chi connectivity index (χ4v) is 1.81. The van der Waals surface area contributed by atoms with Crippen LogP contribution in [0.15, 0.2) is 40.5 Å². The van der Waals surface area contributed by atoms with Crippen LogP contribution in [0, 0.1) is 0 Å². The quantitative estimate of drug-likeness (QED) is 0.588. The van der Waals surface area contributed by atoms with Crippen LogP contribution < -0.4 is 0 Å². The van der Waals surface area contributed by atoms with E-state index >= 15 is 0 Å². The van der Waals surface area contributed by atoms with Crippen molar-refractivity contribution < 1.29 is 4.42 Å². The minimum absolute atomic E-state index is 0.655. The van der Waals surface area contributed by atoms with E-state index in [0.717, 1.165) is 16.9 Å². The number of hydrogen-bond donors (Lipinski definition) is 0. The lowest BCUT2D eigenvalue weighted by Crippen LogP contribution is -1.71. The SMILES string of the molecule is C=CCSc1nc2cc(Cl)ccc2o1. The molecule has 0 saturated carbocycles. The van der Waals surface area contributed by atoms with E-state index in [1.54, 1.807) is 12.1 Å². The summed E-state index contributed by atoms with van der Waals surface area (Å²) < 4.78 is 5.47. The Hall–Kier alpha value is -0.930. The van der Waals surface area contributed by atoms with Gasteiger partial charge in [-0.2, -0.15) is 0 Å². The summed E-state index contributed by atoms with van der Waals surface area (Å²) >= 11 is 7.34. The van der Waals surface area contributed by atoms with Crippen LogP contribution in [0.25, 0.3) is 11.1 Å². The Labute approximate surface area is 91.0 Å². The number of oxazole rings is 1. The normalized spacial score (nSPS) is 10.6. The Morgan fingerprint density at radius 2 is 2.43 bits per heavy atom. The highest BCUT2D eigenvalue weighted by molar-refractivity contribution is 7.99. The Morgan fingerprint density at radius 3 is 3.21 bits per heavy atom. The second-order valence-corrected chi connectivity index (χ2v) is 4.10. The van der Waals surface area contributed by atoms with Crippen molar-refractivity contribution in [2.45, 2.75) is 5.22 Å². The van der Waals surface area contributed by atoms with Crippen LogP contribution in [-0.4, -0.2) is 10.7 Å². The van der Waals surface area contributed by atoms with E-state index in [1.807, 2.05) is 12.1 Å². The van der Waals surface area contributed by atoms with Gasteiger partial charge >= 0.3 is 0 Å². The molecule has 0 unspecified atom stereocenters. The summed E-state index contributed by atoms with van der Waals surface area (Å²) in [6, 6.07) is 5.40. The van der Waals surface area contributed by atoms with E-state index in [9.17, 15) is 0 Å². The molecule has 1 aromatic carbocycles. The standard InChI is InChI=1S/C10H8ClNOS/c1-2-5-14-10-12-8-6-7(11)3-4-9(8)13-10/h2-4,6H,1,5H2. The zero-order valence-electron chi connectivity index (χ0n) is 7.37. The molecule has 2 aromatic rings. The Kier molecular flexibility index (Phi) is 2.79. The molecule has 2 nitrogen and oxygen atoms in total. The molecule has 0 spiro atoms. The third-order valence-electron chi connectivity index (χ3n) is 1.65. The molecule has 72 valence electrons. The molecule has 4 heteroatoms. The van der Waals surface area contributed by atoms with E-state index in [-0.39, 0.29) is 0 Å². The van der Waals surface area contributed by atoms with Crippen LogP contribution in [0.4, 0.5) is 0 Å². The predicted molar refractivity (Wildman–Crippen MR) is 59.9 cm³/mol. The zero-order valence-corrected chi connectivity index (χ0v) is 8.94. The largest absolute Gasteiger partial charge is 0.431 e. The average Bonchev–Trinajstić information content (AvgIpc) is 2.56. The van der Waals surface area contributed by atoms with E-state index in [4.69, 9.17) is 16.0 Å². The van der Waals surface area contributed by atoms with Gasteiger partial charge in [0.1, 0.15) is 5.52 Å². The first kappa shape index (κ1) is 9.62. The first-order valence-corrected chi connectivity index (χ1v) is 5.46. The van der Waals surface area contributed by atoms with Crippen molar-refractivity contribution >= 4 is 34.5 Å². The number of benzene rings is 1. The first-order valence-electron chi connectivity index (χ1n) is 4.09. The van der Waals surface area contributed by atoms with Gasteiger partial charge in [-0.1, -0.05) is 29.4 Å². The second-order valence-electron chi connectivity index (χ2n) is 2.69. The minimum Gasteiger partial charge on any atom is -0.431 e. The third kappa shape index (κ3) is 1.94. The van der Waals surface area contributed by atoms with Gasteiger partial charge in [0, 0.05) is 10.8 Å². The van der Waals surface area contributed by atoms with Crippen molar-refractivity contribution in [3.63, 3.8) is 0 Å². The van der Waals surface area contributed by atoms with Crippen molar-refractivity contribution in [3.8, 4) is 0 Å².